The Bertz CT molecular complexity index is 601. The van der Waals surface area contributed by atoms with Gasteiger partial charge in [0.05, 0.1) is 0 Å². The van der Waals surface area contributed by atoms with Gasteiger partial charge in [-0.15, -0.1) is 13.2 Å². The second kappa shape index (κ2) is 5.90. The predicted octanol–water partition coefficient (Wildman–Crippen LogP) is 3.64. The molecule has 0 fully saturated rings. The molecule has 0 aliphatic heterocycles. The van der Waals surface area contributed by atoms with Crippen molar-refractivity contribution >= 4 is 0 Å². The van der Waals surface area contributed by atoms with E-state index < -0.39 is 24.7 Å². The molecule has 2 aromatic rings. The number of alkyl halides is 5. The van der Waals surface area contributed by atoms with Crippen LogP contribution in [0.2, 0.25) is 0 Å². The molecular formula is C12H7F5N2O2. The van der Waals surface area contributed by atoms with Gasteiger partial charge in [0.2, 0.25) is 0 Å². The van der Waals surface area contributed by atoms with Gasteiger partial charge in [-0.1, -0.05) is 18.2 Å². The molecule has 0 saturated carbocycles. The van der Waals surface area contributed by atoms with Crippen molar-refractivity contribution in [3.63, 3.8) is 0 Å². The summed E-state index contributed by atoms with van der Waals surface area (Å²) >= 11 is 0. The number of halogens is 5. The van der Waals surface area contributed by atoms with Gasteiger partial charge in [0.25, 0.3) is 0 Å². The average Bonchev–Trinajstić information content (AvgIpc) is 2.38. The third kappa shape index (κ3) is 4.26. The first-order chi connectivity index (χ1) is 9.85. The fourth-order valence-corrected chi connectivity index (χ4v) is 1.51. The highest BCUT2D eigenvalue weighted by Crippen LogP contribution is 2.33. The van der Waals surface area contributed by atoms with Crippen LogP contribution in [0.4, 0.5) is 22.0 Å². The quantitative estimate of drug-likeness (QED) is 0.809. The van der Waals surface area contributed by atoms with E-state index in [4.69, 9.17) is 0 Å². The number of para-hydroxylation sites is 1. The first kappa shape index (κ1) is 14.9. The monoisotopic (exact) mass is 306 g/mol. The fourth-order valence-electron chi connectivity index (χ4n) is 1.51. The minimum atomic E-state index is -4.85. The van der Waals surface area contributed by atoms with Crippen LogP contribution in [0.1, 0.15) is 0 Å². The first-order valence-electron chi connectivity index (χ1n) is 5.47. The van der Waals surface area contributed by atoms with Gasteiger partial charge in [-0.25, -0.2) is 9.97 Å². The van der Waals surface area contributed by atoms with Crippen molar-refractivity contribution in [3.05, 3.63) is 36.7 Å². The molecule has 4 nitrogen and oxygen atoms in total. The highest BCUT2D eigenvalue weighted by Gasteiger charge is 2.32. The summed E-state index contributed by atoms with van der Waals surface area (Å²) in [5.41, 5.74) is 0.231. The maximum absolute atomic E-state index is 12.3. The van der Waals surface area contributed by atoms with Crippen molar-refractivity contribution in [3.8, 4) is 22.9 Å². The summed E-state index contributed by atoms with van der Waals surface area (Å²) in [6, 6.07) is 4.74. The SMILES string of the molecule is FC(F)Oc1ncc(-c2ccccc2OC(F)(F)F)cn1. The first-order valence-corrected chi connectivity index (χ1v) is 5.47. The molecule has 0 spiro atoms. The van der Waals surface area contributed by atoms with Gasteiger partial charge in [-0.3, -0.25) is 0 Å². The Hall–Kier alpha value is -2.45. The summed E-state index contributed by atoms with van der Waals surface area (Å²) < 4.78 is 68.6. The molecule has 0 saturated heterocycles. The van der Waals surface area contributed by atoms with Gasteiger partial charge in [0.1, 0.15) is 5.75 Å². The van der Waals surface area contributed by atoms with Crippen molar-refractivity contribution in [2.75, 3.05) is 0 Å². The molecule has 2 rings (SSSR count). The lowest BCUT2D eigenvalue weighted by Crippen LogP contribution is -2.17. The van der Waals surface area contributed by atoms with Crippen LogP contribution in [0.3, 0.4) is 0 Å². The molecule has 0 unspecified atom stereocenters. The molecule has 0 bridgehead atoms. The Morgan fingerprint density at radius 1 is 1.00 bits per heavy atom. The van der Waals surface area contributed by atoms with Gasteiger partial charge < -0.3 is 9.47 Å². The summed E-state index contributed by atoms with van der Waals surface area (Å²) in [6.07, 6.45) is -2.73. The van der Waals surface area contributed by atoms with E-state index in [0.717, 1.165) is 18.5 Å². The lowest BCUT2D eigenvalue weighted by molar-refractivity contribution is -0.274. The van der Waals surface area contributed by atoms with E-state index in [1.54, 1.807) is 0 Å². The topological polar surface area (TPSA) is 44.2 Å². The molecule has 112 valence electrons. The smallest absolute Gasteiger partial charge is 0.405 e. The van der Waals surface area contributed by atoms with Crippen molar-refractivity contribution < 1.29 is 31.4 Å². The third-order valence-electron chi connectivity index (χ3n) is 2.25. The molecule has 0 amide bonds. The largest absolute Gasteiger partial charge is 0.573 e. The average molecular weight is 306 g/mol. The summed E-state index contributed by atoms with van der Waals surface area (Å²) in [6.45, 7) is -3.09. The highest BCUT2D eigenvalue weighted by atomic mass is 19.4. The van der Waals surface area contributed by atoms with Gasteiger partial charge in [0, 0.05) is 23.5 Å². The van der Waals surface area contributed by atoms with Crippen LogP contribution in [-0.2, 0) is 0 Å². The number of hydrogen-bond acceptors (Lipinski definition) is 4. The zero-order valence-corrected chi connectivity index (χ0v) is 10.1. The summed E-state index contributed by atoms with van der Waals surface area (Å²) in [7, 11) is 0. The molecule has 0 aliphatic rings. The molecular weight excluding hydrogens is 299 g/mol. The Labute approximate surface area is 115 Å². The van der Waals surface area contributed by atoms with Crippen LogP contribution < -0.4 is 9.47 Å². The van der Waals surface area contributed by atoms with Crippen LogP contribution in [0.25, 0.3) is 11.1 Å². The summed E-state index contributed by atoms with van der Waals surface area (Å²) in [5.74, 6) is -0.448. The summed E-state index contributed by atoms with van der Waals surface area (Å²) in [4.78, 5) is 6.97. The van der Waals surface area contributed by atoms with Crippen molar-refractivity contribution in [2.24, 2.45) is 0 Å². The molecule has 1 aromatic carbocycles. The Morgan fingerprint density at radius 2 is 1.62 bits per heavy atom. The van der Waals surface area contributed by atoms with Gasteiger partial charge in [-0.05, 0) is 6.07 Å². The standard InChI is InChI=1S/C12H7F5N2O2/c13-10(14)20-11-18-5-7(6-19-11)8-3-1-2-4-9(8)21-12(15,16)17/h1-6,10H. The highest BCUT2D eigenvalue weighted by molar-refractivity contribution is 5.69. The number of nitrogens with zero attached hydrogens (tertiary/aromatic N) is 2. The number of aromatic nitrogens is 2. The van der Waals surface area contributed by atoms with Crippen molar-refractivity contribution in [1.29, 1.82) is 0 Å². The van der Waals surface area contributed by atoms with E-state index in [1.165, 1.54) is 18.2 Å². The molecule has 1 heterocycles. The minimum Gasteiger partial charge on any atom is -0.405 e. The van der Waals surface area contributed by atoms with E-state index >= 15 is 0 Å². The van der Waals surface area contributed by atoms with Crippen LogP contribution in [-0.4, -0.2) is 22.9 Å². The van der Waals surface area contributed by atoms with E-state index in [9.17, 15) is 22.0 Å². The van der Waals surface area contributed by atoms with E-state index in [-0.39, 0.29) is 11.1 Å². The Kier molecular flexibility index (Phi) is 4.20. The normalized spacial score (nSPS) is 11.5. The number of ether oxygens (including phenoxy) is 2. The zero-order chi connectivity index (χ0) is 15.5. The molecule has 0 radical (unpaired) electrons. The van der Waals surface area contributed by atoms with Crippen LogP contribution in [0.5, 0.6) is 11.8 Å². The molecule has 21 heavy (non-hydrogen) atoms. The van der Waals surface area contributed by atoms with Crippen LogP contribution >= 0.6 is 0 Å². The minimum absolute atomic E-state index is 0.0680. The van der Waals surface area contributed by atoms with E-state index in [2.05, 4.69) is 19.4 Å². The lowest BCUT2D eigenvalue weighted by Gasteiger charge is -2.13. The predicted molar refractivity (Wildman–Crippen MR) is 60.8 cm³/mol. The molecule has 1 aromatic heterocycles. The van der Waals surface area contributed by atoms with Crippen molar-refractivity contribution in [2.45, 2.75) is 13.0 Å². The number of hydrogen-bond donors (Lipinski definition) is 0. The lowest BCUT2D eigenvalue weighted by atomic mass is 10.1. The second-order valence-corrected chi connectivity index (χ2v) is 3.68. The molecule has 0 atom stereocenters. The molecule has 9 heteroatoms. The van der Waals surface area contributed by atoms with Crippen LogP contribution in [0.15, 0.2) is 36.7 Å². The Morgan fingerprint density at radius 3 is 2.19 bits per heavy atom. The van der Waals surface area contributed by atoms with Gasteiger partial charge >= 0.3 is 19.0 Å². The molecule has 0 aliphatic carbocycles. The van der Waals surface area contributed by atoms with E-state index in [1.807, 2.05) is 0 Å². The van der Waals surface area contributed by atoms with Crippen LogP contribution in [0, 0.1) is 0 Å². The van der Waals surface area contributed by atoms with E-state index in [0.29, 0.717) is 0 Å². The zero-order valence-electron chi connectivity index (χ0n) is 10.1. The van der Waals surface area contributed by atoms with Crippen molar-refractivity contribution in [1.82, 2.24) is 9.97 Å². The van der Waals surface area contributed by atoms with Gasteiger partial charge in [0.15, 0.2) is 0 Å². The maximum atomic E-state index is 12.3. The van der Waals surface area contributed by atoms with Gasteiger partial charge in [-0.2, -0.15) is 8.78 Å². The number of benzene rings is 1. The Balaban J connectivity index is 2.29. The number of rotatable bonds is 4. The fraction of sp³-hybridized carbons (Fsp3) is 0.167. The molecule has 0 N–H and O–H groups in total. The maximum Gasteiger partial charge on any atom is 0.573 e. The summed E-state index contributed by atoms with van der Waals surface area (Å²) in [5, 5.41) is 0. The third-order valence-corrected chi connectivity index (χ3v) is 2.25. The second-order valence-electron chi connectivity index (χ2n) is 3.68.